The topological polar surface area (TPSA) is 99.8 Å². The second-order valence-corrected chi connectivity index (χ2v) is 8.27. The van der Waals surface area contributed by atoms with E-state index in [-0.39, 0.29) is 11.9 Å². The van der Waals surface area contributed by atoms with Gasteiger partial charge in [-0.2, -0.15) is 0 Å². The molecule has 4 rings (SSSR count). The van der Waals surface area contributed by atoms with Crippen LogP contribution in [0.25, 0.3) is 0 Å². The molecule has 1 aliphatic carbocycles. The van der Waals surface area contributed by atoms with Gasteiger partial charge in [-0.3, -0.25) is 9.59 Å². The van der Waals surface area contributed by atoms with Gasteiger partial charge in [-0.25, -0.2) is 4.98 Å². The van der Waals surface area contributed by atoms with Crippen LogP contribution < -0.4 is 10.6 Å². The summed E-state index contributed by atoms with van der Waals surface area (Å²) >= 11 is 12.0. The van der Waals surface area contributed by atoms with Crippen LogP contribution >= 0.6 is 23.2 Å². The lowest BCUT2D eigenvalue weighted by Gasteiger charge is -2.43. The molecule has 2 heterocycles. The van der Waals surface area contributed by atoms with Crippen LogP contribution in [0.2, 0.25) is 10.0 Å². The molecule has 1 aromatic heterocycles. The van der Waals surface area contributed by atoms with E-state index in [2.05, 4.69) is 9.88 Å². The summed E-state index contributed by atoms with van der Waals surface area (Å²) in [4.78, 5) is 32.2. The van der Waals surface area contributed by atoms with E-state index in [1.165, 1.54) is 0 Å². The van der Waals surface area contributed by atoms with Crippen molar-refractivity contribution in [2.45, 2.75) is 12.5 Å². The molecule has 2 aromatic rings. The van der Waals surface area contributed by atoms with Crippen LogP contribution in [0.1, 0.15) is 18.0 Å². The molecule has 1 unspecified atom stereocenters. The zero-order valence-electron chi connectivity index (χ0n) is 15.5. The van der Waals surface area contributed by atoms with E-state index in [0.717, 1.165) is 5.56 Å². The predicted octanol–water partition coefficient (Wildman–Crippen LogP) is 3.08. The molecule has 9 heteroatoms. The molecule has 3 atom stereocenters. The van der Waals surface area contributed by atoms with Gasteiger partial charge in [0.15, 0.2) is 5.82 Å². The van der Waals surface area contributed by atoms with Crippen LogP contribution in [0.15, 0.2) is 36.5 Å². The lowest BCUT2D eigenvalue weighted by atomic mass is 10.0. The molecule has 1 aliphatic heterocycles. The molecule has 1 saturated carbocycles. The SMILES string of the molecule is Nc1cc(Cl)cnc1N1CCN(C(=O)[C@H]2C[C@H]2C(=O)O)CC1c1ccc(Cl)cc1. The number of hydrogen-bond acceptors (Lipinski definition) is 5. The van der Waals surface area contributed by atoms with Gasteiger partial charge in [0, 0.05) is 30.9 Å². The Labute approximate surface area is 178 Å². The monoisotopic (exact) mass is 434 g/mol. The predicted molar refractivity (Wildman–Crippen MR) is 111 cm³/mol. The number of rotatable bonds is 4. The van der Waals surface area contributed by atoms with Gasteiger partial charge in [0.25, 0.3) is 0 Å². The number of aliphatic carboxylic acids is 1. The summed E-state index contributed by atoms with van der Waals surface area (Å²) in [5.41, 5.74) is 7.59. The summed E-state index contributed by atoms with van der Waals surface area (Å²) in [6.45, 7) is 1.39. The summed E-state index contributed by atoms with van der Waals surface area (Å²) in [5, 5.41) is 10.2. The lowest BCUT2D eigenvalue weighted by molar-refractivity contribution is -0.142. The van der Waals surface area contributed by atoms with Crippen LogP contribution in [-0.2, 0) is 9.59 Å². The maximum absolute atomic E-state index is 12.8. The van der Waals surface area contributed by atoms with Crippen LogP contribution in [0.3, 0.4) is 0 Å². The van der Waals surface area contributed by atoms with Gasteiger partial charge in [-0.15, -0.1) is 0 Å². The number of aromatic nitrogens is 1. The van der Waals surface area contributed by atoms with Gasteiger partial charge in [-0.05, 0) is 30.2 Å². The summed E-state index contributed by atoms with van der Waals surface area (Å²) < 4.78 is 0. The van der Waals surface area contributed by atoms with Crippen molar-refractivity contribution >= 4 is 46.6 Å². The minimum atomic E-state index is -0.908. The highest BCUT2D eigenvalue weighted by atomic mass is 35.5. The third-order valence-corrected chi connectivity index (χ3v) is 5.96. The zero-order chi connectivity index (χ0) is 20.7. The third-order valence-electron chi connectivity index (χ3n) is 5.51. The van der Waals surface area contributed by atoms with Gasteiger partial charge in [0.1, 0.15) is 0 Å². The smallest absolute Gasteiger partial charge is 0.307 e. The van der Waals surface area contributed by atoms with E-state index >= 15 is 0 Å². The molecule has 1 aromatic carbocycles. The lowest BCUT2D eigenvalue weighted by Crippen LogP contribution is -2.51. The van der Waals surface area contributed by atoms with Crippen LogP contribution in [0.4, 0.5) is 11.5 Å². The highest BCUT2D eigenvalue weighted by molar-refractivity contribution is 6.31. The number of amides is 1. The fraction of sp³-hybridized carbons (Fsp3) is 0.350. The maximum Gasteiger partial charge on any atom is 0.307 e. The normalized spacial score (nSPS) is 23.7. The maximum atomic E-state index is 12.8. The summed E-state index contributed by atoms with van der Waals surface area (Å²) in [6, 6.07) is 8.89. The standard InChI is InChI=1S/C20H20Cl2N4O3/c21-12-3-1-11(2-4-12)17-10-25(19(27)14-8-15(14)20(28)29)5-6-26(17)18-16(23)7-13(22)9-24-18/h1-4,7,9,14-15,17H,5-6,8,10,23H2,(H,28,29)/t14-,15+,17?/m0/s1. The summed E-state index contributed by atoms with van der Waals surface area (Å²) in [7, 11) is 0. The number of halogens is 2. The van der Waals surface area contributed by atoms with E-state index in [1.54, 1.807) is 29.3 Å². The molecule has 1 saturated heterocycles. The fourth-order valence-corrected chi connectivity index (χ4v) is 4.16. The van der Waals surface area contributed by atoms with Gasteiger partial charge >= 0.3 is 5.97 Å². The van der Waals surface area contributed by atoms with E-state index in [9.17, 15) is 9.59 Å². The number of carbonyl (C=O) groups excluding carboxylic acids is 1. The molecular weight excluding hydrogens is 415 g/mol. The Morgan fingerprint density at radius 1 is 1.10 bits per heavy atom. The molecule has 3 N–H and O–H groups in total. The quantitative estimate of drug-likeness (QED) is 0.766. The van der Waals surface area contributed by atoms with E-state index in [1.807, 2.05) is 12.1 Å². The number of piperazine rings is 1. The molecule has 152 valence electrons. The largest absolute Gasteiger partial charge is 0.481 e. The second kappa shape index (κ2) is 7.72. The molecule has 29 heavy (non-hydrogen) atoms. The van der Waals surface area contributed by atoms with Crippen molar-refractivity contribution in [3.8, 4) is 0 Å². The minimum absolute atomic E-state index is 0.104. The Balaban J connectivity index is 1.62. The van der Waals surface area contributed by atoms with Crippen molar-refractivity contribution in [1.29, 1.82) is 0 Å². The van der Waals surface area contributed by atoms with Gasteiger partial charge in [0.05, 0.1) is 28.6 Å². The van der Waals surface area contributed by atoms with Crippen molar-refractivity contribution in [3.63, 3.8) is 0 Å². The Hall–Kier alpha value is -2.51. The van der Waals surface area contributed by atoms with Crippen molar-refractivity contribution in [2.24, 2.45) is 11.8 Å². The first-order valence-electron chi connectivity index (χ1n) is 9.30. The second-order valence-electron chi connectivity index (χ2n) is 7.40. The van der Waals surface area contributed by atoms with E-state index in [0.29, 0.717) is 47.6 Å². The highest BCUT2D eigenvalue weighted by Crippen LogP contribution is 2.41. The minimum Gasteiger partial charge on any atom is -0.481 e. The first-order valence-corrected chi connectivity index (χ1v) is 10.1. The number of pyridine rings is 1. The number of nitrogens with two attached hydrogens (primary N) is 1. The Kier molecular flexibility index (Phi) is 5.27. The number of carboxylic acid groups (broad SMARTS) is 1. The van der Waals surface area contributed by atoms with Gasteiger partial charge in [0.2, 0.25) is 5.91 Å². The fourth-order valence-electron chi connectivity index (χ4n) is 3.87. The molecule has 2 fully saturated rings. The third kappa shape index (κ3) is 3.97. The summed E-state index contributed by atoms with van der Waals surface area (Å²) in [6.07, 6.45) is 1.96. The number of nitrogen functional groups attached to an aromatic ring is 1. The molecule has 1 amide bonds. The number of hydrogen-bond donors (Lipinski definition) is 2. The van der Waals surface area contributed by atoms with Crippen LogP contribution in [0.5, 0.6) is 0 Å². The molecule has 7 nitrogen and oxygen atoms in total. The molecule has 0 bridgehead atoms. The molecule has 2 aliphatic rings. The molecule has 0 spiro atoms. The van der Waals surface area contributed by atoms with Crippen molar-refractivity contribution < 1.29 is 14.7 Å². The highest BCUT2D eigenvalue weighted by Gasteiger charge is 2.50. The Morgan fingerprint density at radius 2 is 1.83 bits per heavy atom. The zero-order valence-corrected chi connectivity index (χ0v) is 17.0. The van der Waals surface area contributed by atoms with Crippen molar-refractivity contribution in [1.82, 2.24) is 9.88 Å². The van der Waals surface area contributed by atoms with E-state index < -0.39 is 17.8 Å². The number of anilines is 2. The molecule has 0 radical (unpaired) electrons. The Bertz CT molecular complexity index is 953. The average molecular weight is 435 g/mol. The van der Waals surface area contributed by atoms with Crippen LogP contribution in [0, 0.1) is 11.8 Å². The first kappa shape index (κ1) is 19.8. The van der Waals surface area contributed by atoms with Crippen molar-refractivity contribution in [3.05, 3.63) is 52.1 Å². The molecular formula is C20H20Cl2N4O3. The number of carboxylic acids is 1. The van der Waals surface area contributed by atoms with Gasteiger partial charge in [-0.1, -0.05) is 35.3 Å². The van der Waals surface area contributed by atoms with E-state index in [4.69, 9.17) is 34.0 Å². The Morgan fingerprint density at radius 3 is 2.45 bits per heavy atom. The number of nitrogens with zero attached hydrogens (tertiary/aromatic N) is 3. The van der Waals surface area contributed by atoms with Crippen molar-refractivity contribution in [2.75, 3.05) is 30.3 Å². The first-order chi connectivity index (χ1) is 13.8. The summed E-state index contributed by atoms with van der Waals surface area (Å²) in [5.74, 6) is -1.40. The number of benzene rings is 1. The number of carbonyl (C=O) groups is 2. The average Bonchev–Trinajstić information content (AvgIpc) is 3.49. The van der Waals surface area contributed by atoms with Crippen LogP contribution in [-0.4, -0.2) is 46.5 Å². The van der Waals surface area contributed by atoms with Gasteiger partial charge < -0.3 is 20.6 Å².